The highest BCUT2D eigenvalue weighted by Gasteiger charge is 2.14. The monoisotopic (exact) mass is 719 g/mol. The molecule has 9 nitrogen and oxygen atoms in total. The molecule has 0 saturated carbocycles. The van der Waals surface area contributed by atoms with Gasteiger partial charge in [-0.25, -0.2) is 9.97 Å². The van der Waals surface area contributed by atoms with Crippen molar-refractivity contribution in [1.82, 2.24) is 24.9 Å². The van der Waals surface area contributed by atoms with Crippen molar-refractivity contribution in [3.05, 3.63) is 174 Å². The molecule has 2 N–H and O–H groups in total. The maximum absolute atomic E-state index is 12.5. The first-order valence-corrected chi connectivity index (χ1v) is 16.8. The predicted molar refractivity (Wildman–Crippen MR) is 207 cm³/mol. The summed E-state index contributed by atoms with van der Waals surface area (Å²) in [6.45, 7) is 0. The average molecular weight is 721 g/mol. The lowest BCUT2D eigenvalue weighted by Gasteiger charge is -2.08. The summed E-state index contributed by atoms with van der Waals surface area (Å²) in [5, 5.41) is 8.70. The van der Waals surface area contributed by atoms with Crippen LogP contribution < -0.4 is 10.6 Å². The van der Waals surface area contributed by atoms with E-state index in [0.717, 1.165) is 44.2 Å². The zero-order chi connectivity index (χ0) is 35.9. The van der Waals surface area contributed by atoms with Crippen LogP contribution in [0.2, 0.25) is 10.0 Å². The average Bonchev–Trinajstić information content (AvgIpc) is 3.19. The van der Waals surface area contributed by atoms with Crippen LogP contribution in [0.1, 0.15) is 21.0 Å². The van der Waals surface area contributed by atoms with E-state index in [0.29, 0.717) is 32.6 Å². The van der Waals surface area contributed by atoms with Gasteiger partial charge in [-0.05, 0) is 83.9 Å². The minimum absolute atomic E-state index is 0.253. The van der Waals surface area contributed by atoms with Gasteiger partial charge in [0.1, 0.15) is 11.4 Å². The van der Waals surface area contributed by atoms with E-state index >= 15 is 0 Å². The normalized spacial score (nSPS) is 10.7. The van der Waals surface area contributed by atoms with Crippen LogP contribution in [0, 0.1) is 0 Å². The van der Waals surface area contributed by atoms with Gasteiger partial charge in [0.25, 0.3) is 11.8 Å². The molecule has 0 fully saturated rings. The third-order valence-corrected chi connectivity index (χ3v) is 8.43. The zero-order valence-corrected chi connectivity index (χ0v) is 28.8. The SMILES string of the molecule is O=C(Nc1ccccc1)c1ccc2cncc(-c3ccc(Cl)cc3)c2n1.O=C(Nc1cccnc1)c1ccc2cncc(-c3ccc(Cl)cc3)c2n1. The van der Waals surface area contributed by atoms with Crippen LogP contribution in [0.4, 0.5) is 11.4 Å². The molecule has 8 rings (SSSR count). The first-order chi connectivity index (χ1) is 25.4. The number of pyridine rings is 5. The van der Waals surface area contributed by atoms with Gasteiger partial charge in [0.15, 0.2) is 0 Å². The molecule has 52 heavy (non-hydrogen) atoms. The third kappa shape index (κ3) is 7.92. The first kappa shape index (κ1) is 33.9. The number of fused-ring (bicyclic) bond motifs is 2. The lowest BCUT2D eigenvalue weighted by atomic mass is 10.0. The minimum Gasteiger partial charge on any atom is -0.321 e. The quantitative estimate of drug-likeness (QED) is 0.175. The van der Waals surface area contributed by atoms with Gasteiger partial charge in [-0.1, -0.05) is 65.7 Å². The Labute approximate surface area is 308 Å². The Morgan fingerprint density at radius 3 is 1.42 bits per heavy atom. The second-order valence-corrected chi connectivity index (χ2v) is 12.3. The number of hydrogen-bond donors (Lipinski definition) is 2. The summed E-state index contributed by atoms with van der Waals surface area (Å²) < 4.78 is 0. The molecule has 5 aromatic heterocycles. The van der Waals surface area contributed by atoms with Crippen molar-refractivity contribution < 1.29 is 9.59 Å². The Morgan fingerprint density at radius 2 is 0.942 bits per heavy atom. The Balaban J connectivity index is 0.000000162. The molecular formula is C41H27Cl2N7O2. The van der Waals surface area contributed by atoms with Crippen molar-refractivity contribution in [2.75, 3.05) is 10.6 Å². The van der Waals surface area contributed by atoms with Crippen molar-refractivity contribution in [2.24, 2.45) is 0 Å². The summed E-state index contributed by atoms with van der Waals surface area (Å²) in [7, 11) is 0. The number of nitrogens with zero attached hydrogens (tertiary/aromatic N) is 5. The lowest BCUT2D eigenvalue weighted by Crippen LogP contribution is -2.13. The van der Waals surface area contributed by atoms with E-state index in [-0.39, 0.29) is 11.8 Å². The van der Waals surface area contributed by atoms with E-state index in [1.807, 2.05) is 91.0 Å². The highest BCUT2D eigenvalue weighted by Crippen LogP contribution is 2.29. The molecule has 0 atom stereocenters. The second kappa shape index (κ2) is 15.6. The van der Waals surface area contributed by atoms with Gasteiger partial charge in [0.05, 0.1) is 22.9 Å². The first-order valence-electron chi connectivity index (χ1n) is 16.0. The van der Waals surface area contributed by atoms with E-state index in [1.54, 1.807) is 61.4 Å². The number of anilines is 2. The summed E-state index contributed by atoms with van der Waals surface area (Å²) in [4.78, 5) is 46.7. The predicted octanol–water partition coefficient (Wildman–Crippen LogP) is 9.80. The zero-order valence-electron chi connectivity index (χ0n) is 27.2. The number of hydrogen-bond acceptors (Lipinski definition) is 7. The molecular weight excluding hydrogens is 693 g/mol. The number of amides is 2. The van der Waals surface area contributed by atoms with Gasteiger partial charge in [0.2, 0.25) is 0 Å². The van der Waals surface area contributed by atoms with Crippen LogP contribution in [-0.2, 0) is 0 Å². The molecule has 0 saturated heterocycles. The van der Waals surface area contributed by atoms with Crippen molar-refractivity contribution in [3.63, 3.8) is 0 Å². The molecule has 2 amide bonds. The van der Waals surface area contributed by atoms with Crippen LogP contribution in [-0.4, -0.2) is 36.7 Å². The summed E-state index contributed by atoms with van der Waals surface area (Å²) in [6, 6.07) is 34.8. The van der Waals surface area contributed by atoms with Gasteiger partial charge < -0.3 is 10.6 Å². The lowest BCUT2D eigenvalue weighted by molar-refractivity contribution is 0.101. The molecule has 0 bridgehead atoms. The molecule has 0 aliphatic heterocycles. The highest BCUT2D eigenvalue weighted by atomic mass is 35.5. The van der Waals surface area contributed by atoms with Crippen LogP contribution in [0.25, 0.3) is 44.1 Å². The Kier molecular flexibility index (Phi) is 10.1. The molecule has 0 unspecified atom stereocenters. The van der Waals surface area contributed by atoms with Crippen molar-refractivity contribution in [2.45, 2.75) is 0 Å². The van der Waals surface area contributed by atoms with Crippen LogP contribution >= 0.6 is 23.2 Å². The minimum atomic E-state index is -0.293. The number of benzene rings is 3. The molecule has 3 aromatic carbocycles. The summed E-state index contributed by atoms with van der Waals surface area (Å²) in [5.41, 5.74) is 7.03. The summed E-state index contributed by atoms with van der Waals surface area (Å²) in [5.74, 6) is -0.546. The van der Waals surface area contributed by atoms with E-state index in [1.165, 1.54) is 0 Å². The third-order valence-electron chi connectivity index (χ3n) is 7.92. The smallest absolute Gasteiger partial charge is 0.274 e. The van der Waals surface area contributed by atoms with E-state index in [2.05, 4.69) is 35.6 Å². The Morgan fingerprint density at radius 1 is 0.462 bits per heavy atom. The number of para-hydroxylation sites is 1. The summed E-state index contributed by atoms with van der Waals surface area (Å²) >= 11 is 11.9. The fourth-order valence-electron chi connectivity index (χ4n) is 5.37. The molecule has 252 valence electrons. The number of rotatable bonds is 6. The molecule has 0 spiro atoms. The van der Waals surface area contributed by atoms with E-state index in [4.69, 9.17) is 23.2 Å². The maximum Gasteiger partial charge on any atom is 0.274 e. The van der Waals surface area contributed by atoms with Crippen LogP contribution in [0.5, 0.6) is 0 Å². The highest BCUT2D eigenvalue weighted by molar-refractivity contribution is 6.31. The van der Waals surface area contributed by atoms with Gasteiger partial charge in [-0.3, -0.25) is 24.5 Å². The number of nitrogens with one attached hydrogen (secondary N) is 2. The fraction of sp³-hybridized carbons (Fsp3) is 0. The van der Waals surface area contributed by atoms with Gasteiger partial charge >= 0.3 is 0 Å². The number of aromatic nitrogens is 5. The molecule has 0 aliphatic rings. The Bertz CT molecular complexity index is 2340. The largest absolute Gasteiger partial charge is 0.321 e. The maximum atomic E-state index is 12.5. The number of halogens is 2. The standard InChI is InChI=1S/C21H14ClN3O.C20H13ClN4O/c22-16-9-6-14(7-10-16)18-13-23-12-15-8-11-19(25-20(15)18)21(26)24-17-4-2-1-3-5-17;21-15-6-3-13(4-7-15)17-12-23-10-14-5-8-18(25-19(14)17)20(26)24-16-2-1-9-22-11-16/h1-13H,(H,24,26);1-12H,(H,24,26). The summed E-state index contributed by atoms with van der Waals surface area (Å²) in [6.07, 6.45) is 10.2. The van der Waals surface area contributed by atoms with E-state index < -0.39 is 0 Å². The van der Waals surface area contributed by atoms with Gasteiger partial charge in [-0.15, -0.1) is 0 Å². The van der Waals surface area contributed by atoms with Crippen molar-refractivity contribution in [1.29, 1.82) is 0 Å². The molecule has 0 aliphatic carbocycles. The topological polar surface area (TPSA) is 123 Å². The van der Waals surface area contributed by atoms with Crippen molar-refractivity contribution >= 4 is 68.2 Å². The fourth-order valence-corrected chi connectivity index (χ4v) is 5.62. The molecule has 8 aromatic rings. The van der Waals surface area contributed by atoms with Crippen molar-refractivity contribution in [3.8, 4) is 22.3 Å². The Hall–Kier alpha value is -6.55. The van der Waals surface area contributed by atoms with Crippen LogP contribution in [0.3, 0.4) is 0 Å². The molecule has 5 heterocycles. The number of carbonyl (C=O) groups is 2. The molecule has 0 radical (unpaired) electrons. The van der Waals surface area contributed by atoms with Gasteiger partial charge in [-0.2, -0.15) is 0 Å². The van der Waals surface area contributed by atoms with Gasteiger partial charge in [0, 0.05) is 68.6 Å². The number of carbonyl (C=O) groups excluding carboxylic acids is 2. The van der Waals surface area contributed by atoms with Crippen LogP contribution in [0.15, 0.2) is 152 Å². The second-order valence-electron chi connectivity index (χ2n) is 11.4. The molecule has 11 heteroatoms. The van der Waals surface area contributed by atoms with E-state index in [9.17, 15) is 9.59 Å².